The van der Waals surface area contributed by atoms with E-state index in [0.717, 1.165) is 22.4 Å². The fraction of sp³-hybridized carbons (Fsp3) is 0.125. The molecule has 0 radical (unpaired) electrons. The summed E-state index contributed by atoms with van der Waals surface area (Å²) in [6.45, 7) is 2.05. The molecule has 0 aromatic carbocycles. The third-order valence-electron chi connectivity index (χ3n) is 3.72. The molecule has 4 rings (SSSR count). The predicted octanol–water partition coefficient (Wildman–Crippen LogP) is 3.80. The van der Waals surface area contributed by atoms with Crippen molar-refractivity contribution in [3.8, 4) is 16.8 Å². The number of hydrogen-bond donors (Lipinski definition) is 0. The van der Waals surface area contributed by atoms with E-state index in [1.807, 2.05) is 41.7 Å². The largest absolute Gasteiger partial charge is 0.336 e. The van der Waals surface area contributed by atoms with E-state index in [2.05, 4.69) is 39.2 Å². The van der Waals surface area contributed by atoms with E-state index < -0.39 is 0 Å². The second-order valence-corrected chi connectivity index (χ2v) is 5.86. The summed E-state index contributed by atoms with van der Waals surface area (Å²) < 4.78 is 3.97. The molecule has 0 unspecified atom stereocenters. The third-order valence-corrected chi connectivity index (χ3v) is 4.41. The lowest BCUT2D eigenvalue weighted by Crippen LogP contribution is -1.97. The predicted molar refractivity (Wildman–Crippen MR) is 85.9 cm³/mol. The molecule has 104 valence electrons. The number of fused-ring (bicyclic) bond motifs is 1. The van der Waals surface area contributed by atoms with Crippen LogP contribution < -0.4 is 0 Å². The van der Waals surface area contributed by atoms with E-state index in [1.54, 1.807) is 11.3 Å². The minimum Gasteiger partial charge on any atom is -0.336 e. The van der Waals surface area contributed by atoms with E-state index in [9.17, 15) is 0 Å². The van der Waals surface area contributed by atoms with Crippen molar-refractivity contribution in [3.63, 3.8) is 0 Å². The quantitative estimate of drug-likeness (QED) is 0.564. The number of aryl methyl sites for hydroxylation is 2. The van der Waals surface area contributed by atoms with Gasteiger partial charge < -0.3 is 4.57 Å². The molecular weight excluding hydrogens is 280 g/mol. The summed E-state index contributed by atoms with van der Waals surface area (Å²) in [5.41, 5.74) is 5.47. The summed E-state index contributed by atoms with van der Waals surface area (Å²) >= 11 is 1.70. The molecule has 4 aromatic heterocycles. The minimum atomic E-state index is 0.970. The number of nitrogens with zero attached hydrogens (tertiary/aromatic N) is 4. The Hall–Kier alpha value is -2.40. The van der Waals surface area contributed by atoms with Gasteiger partial charge in [0.1, 0.15) is 5.65 Å². The molecule has 0 N–H and O–H groups in total. The number of aromatic nitrogens is 4. The highest BCUT2D eigenvalue weighted by Crippen LogP contribution is 2.28. The Morgan fingerprint density at radius 2 is 2.10 bits per heavy atom. The van der Waals surface area contributed by atoms with Crippen molar-refractivity contribution in [2.45, 2.75) is 6.92 Å². The maximum atomic E-state index is 4.68. The van der Waals surface area contributed by atoms with Gasteiger partial charge in [0.15, 0.2) is 0 Å². The van der Waals surface area contributed by atoms with Crippen LogP contribution in [0.15, 0.2) is 47.5 Å². The Balaban J connectivity index is 1.92. The molecule has 0 bridgehead atoms. The van der Waals surface area contributed by atoms with Crippen LogP contribution in [0.4, 0.5) is 0 Å². The van der Waals surface area contributed by atoms with Gasteiger partial charge in [0, 0.05) is 36.6 Å². The fourth-order valence-corrected chi connectivity index (χ4v) is 3.29. The lowest BCUT2D eigenvalue weighted by atomic mass is 10.1. The molecule has 0 spiro atoms. The topological polar surface area (TPSA) is 35.6 Å². The van der Waals surface area contributed by atoms with Crippen LogP contribution in [0.5, 0.6) is 0 Å². The van der Waals surface area contributed by atoms with Crippen LogP contribution in [0, 0.1) is 6.92 Å². The highest BCUT2D eigenvalue weighted by atomic mass is 32.1. The van der Waals surface area contributed by atoms with Gasteiger partial charge in [-0.2, -0.15) is 16.4 Å². The summed E-state index contributed by atoms with van der Waals surface area (Å²) in [6, 6.07) is 6.22. The van der Waals surface area contributed by atoms with E-state index >= 15 is 0 Å². The Kier molecular flexibility index (Phi) is 2.68. The third kappa shape index (κ3) is 1.89. The molecule has 0 saturated heterocycles. The summed E-state index contributed by atoms with van der Waals surface area (Å²) in [7, 11) is 2.00. The maximum absolute atomic E-state index is 4.68. The first-order valence-corrected chi connectivity index (χ1v) is 7.67. The van der Waals surface area contributed by atoms with Crippen LogP contribution in [-0.2, 0) is 7.05 Å². The van der Waals surface area contributed by atoms with Crippen LogP contribution in [0.1, 0.15) is 5.69 Å². The second-order valence-electron chi connectivity index (χ2n) is 5.08. The highest BCUT2D eigenvalue weighted by Gasteiger charge is 2.12. The first-order valence-electron chi connectivity index (χ1n) is 6.73. The summed E-state index contributed by atoms with van der Waals surface area (Å²) in [4.78, 5) is 4.43. The zero-order chi connectivity index (χ0) is 14.4. The van der Waals surface area contributed by atoms with Crippen molar-refractivity contribution in [1.29, 1.82) is 0 Å². The van der Waals surface area contributed by atoms with Gasteiger partial charge in [-0.1, -0.05) is 0 Å². The number of thiophene rings is 1. The first-order chi connectivity index (χ1) is 10.2. The molecule has 0 aliphatic heterocycles. The molecule has 4 heterocycles. The molecule has 21 heavy (non-hydrogen) atoms. The van der Waals surface area contributed by atoms with E-state index in [1.165, 1.54) is 11.1 Å². The average molecular weight is 294 g/mol. The lowest BCUT2D eigenvalue weighted by molar-refractivity contribution is 0.866. The Bertz CT molecular complexity index is 915. The summed E-state index contributed by atoms with van der Waals surface area (Å²) in [5, 5.41) is 10.0. The molecule has 4 aromatic rings. The average Bonchev–Trinajstić information content (AvgIpc) is 3.19. The summed E-state index contributed by atoms with van der Waals surface area (Å²) in [5.74, 6) is 0. The van der Waals surface area contributed by atoms with Gasteiger partial charge in [0.05, 0.1) is 11.4 Å². The van der Waals surface area contributed by atoms with Gasteiger partial charge in [-0.15, -0.1) is 0 Å². The van der Waals surface area contributed by atoms with Crippen LogP contribution in [0.3, 0.4) is 0 Å². The number of hydrogen-bond acceptors (Lipinski definition) is 3. The van der Waals surface area contributed by atoms with Crippen molar-refractivity contribution in [3.05, 3.63) is 53.2 Å². The van der Waals surface area contributed by atoms with Gasteiger partial charge in [-0.3, -0.25) is 0 Å². The van der Waals surface area contributed by atoms with Crippen LogP contribution in [0.25, 0.3) is 27.8 Å². The van der Waals surface area contributed by atoms with Crippen molar-refractivity contribution >= 4 is 22.4 Å². The van der Waals surface area contributed by atoms with Crippen LogP contribution >= 0.6 is 11.3 Å². The Labute approximate surface area is 126 Å². The smallest absolute Gasteiger partial charge is 0.141 e. The van der Waals surface area contributed by atoms with E-state index in [4.69, 9.17) is 0 Å². The standard InChI is InChI=1S/C16H14N4S/c1-11-14(12-5-8-21-10-12)9-20(18-11)15-3-6-17-16-13(15)4-7-19(16)2/h3-10H,1-2H3. The fourth-order valence-electron chi connectivity index (χ4n) is 2.63. The number of rotatable bonds is 2. The molecule has 0 saturated carbocycles. The van der Waals surface area contributed by atoms with Gasteiger partial charge in [0.2, 0.25) is 0 Å². The molecule has 0 aliphatic carbocycles. The maximum Gasteiger partial charge on any atom is 0.141 e. The van der Waals surface area contributed by atoms with Gasteiger partial charge >= 0.3 is 0 Å². The first kappa shape index (κ1) is 12.3. The molecule has 0 amide bonds. The van der Waals surface area contributed by atoms with Crippen LogP contribution in [-0.4, -0.2) is 19.3 Å². The molecular formula is C16H14N4S. The van der Waals surface area contributed by atoms with Gasteiger partial charge in [0.25, 0.3) is 0 Å². The summed E-state index contributed by atoms with van der Waals surface area (Å²) in [6.07, 6.45) is 5.95. The molecule has 0 atom stereocenters. The highest BCUT2D eigenvalue weighted by molar-refractivity contribution is 7.08. The SMILES string of the molecule is Cc1nn(-c2ccnc3c2ccn3C)cc1-c1ccsc1. The normalized spacial score (nSPS) is 11.3. The van der Waals surface area contributed by atoms with Gasteiger partial charge in [-0.05, 0) is 41.4 Å². The lowest BCUT2D eigenvalue weighted by Gasteiger charge is -2.03. The second kappa shape index (κ2) is 4.56. The molecule has 0 aliphatic rings. The molecule has 4 nitrogen and oxygen atoms in total. The molecule has 0 fully saturated rings. The Morgan fingerprint density at radius 1 is 1.19 bits per heavy atom. The van der Waals surface area contributed by atoms with Crippen molar-refractivity contribution in [2.24, 2.45) is 7.05 Å². The zero-order valence-electron chi connectivity index (χ0n) is 11.8. The van der Waals surface area contributed by atoms with Crippen molar-refractivity contribution in [1.82, 2.24) is 19.3 Å². The number of pyridine rings is 1. The van der Waals surface area contributed by atoms with Gasteiger partial charge in [-0.25, -0.2) is 9.67 Å². The van der Waals surface area contributed by atoms with E-state index in [0.29, 0.717) is 0 Å². The zero-order valence-corrected chi connectivity index (χ0v) is 12.6. The van der Waals surface area contributed by atoms with Crippen molar-refractivity contribution in [2.75, 3.05) is 0 Å². The monoisotopic (exact) mass is 294 g/mol. The van der Waals surface area contributed by atoms with E-state index in [-0.39, 0.29) is 0 Å². The van der Waals surface area contributed by atoms with Crippen molar-refractivity contribution < 1.29 is 0 Å². The molecule has 5 heteroatoms. The Morgan fingerprint density at radius 3 is 2.90 bits per heavy atom. The van der Waals surface area contributed by atoms with Crippen LogP contribution in [0.2, 0.25) is 0 Å². The minimum absolute atomic E-state index is 0.970.